The second-order valence-electron chi connectivity index (χ2n) is 7.65. The van der Waals surface area contributed by atoms with Gasteiger partial charge >= 0.3 is 0 Å². The number of ether oxygens (including phenoxy) is 2. The van der Waals surface area contributed by atoms with E-state index in [1.54, 1.807) is 12.1 Å². The second kappa shape index (κ2) is 12.0. The summed E-state index contributed by atoms with van der Waals surface area (Å²) in [7, 11) is 0. The van der Waals surface area contributed by atoms with Crippen molar-refractivity contribution in [2.75, 3.05) is 25.0 Å². The van der Waals surface area contributed by atoms with Crippen LogP contribution in [0.1, 0.15) is 32.3 Å². The van der Waals surface area contributed by atoms with Crippen LogP contribution in [0.25, 0.3) is 0 Å². The highest BCUT2D eigenvalue weighted by atomic mass is 19.1. The smallest absolute Gasteiger partial charge is 0.253 e. The highest BCUT2D eigenvalue weighted by Crippen LogP contribution is 2.17. The van der Waals surface area contributed by atoms with Crippen LogP contribution in [0.15, 0.2) is 53.5 Å². The Morgan fingerprint density at radius 1 is 1.25 bits per heavy atom. The van der Waals surface area contributed by atoms with Gasteiger partial charge in [0, 0.05) is 18.8 Å². The monoisotopic (exact) mass is 442 g/mol. The van der Waals surface area contributed by atoms with E-state index in [4.69, 9.17) is 9.47 Å². The van der Waals surface area contributed by atoms with Crippen LogP contribution in [-0.4, -0.2) is 43.8 Å². The number of rotatable bonds is 9. The minimum absolute atomic E-state index is 0.103. The van der Waals surface area contributed by atoms with Gasteiger partial charge in [-0.25, -0.2) is 9.38 Å². The zero-order valence-corrected chi connectivity index (χ0v) is 18.6. The molecule has 8 heteroatoms. The standard InChI is InChI=1S/C24H31FN4O3/c1-3-26-24(27-15-17(2)32-21-11-9-19(25)10-12-21)28-16-18-6-4-7-20(14-18)29-23(30)22-8-5-13-31-22/h4,6-7,9-12,14,17,22H,3,5,8,13,15-16H2,1-2H3,(H,29,30)(H2,26,27,28). The van der Waals surface area contributed by atoms with Crippen molar-refractivity contribution in [3.8, 4) is 5.75 Å². The lowest BCUT2D eigenvalue weighted by Gasteiger charge is -2.17. The Hall–Kier alpha value is -3.13. The van der Waals surface area contributed by atoms with Crippen molar-refractivity contribution in [2.45, 2.75) is 45.4 Å². The number of carbonyl (C=O) groups is 1. The Balaban J connectivity index is 1.52. The Morgan fingerprint density at radius 2 is 2.06 bits per heavy atom. The van der Waals surface area contributed by atoms with Crippen LogP contribution in [-0.2, 0) is 16.1 Å². The first kappa shape index (κ1) is 23.5. The van der Waals surface area contributed by atoms with Gasteiger partial charge in [0.05, 0.1) is 13.1 Å². The molecule has 0 bridgehead atoms. The van der Waals surface area contributed by atoms with Crippen LogP contribution in [0.5, 0.6) is 5.75 Å². The van der Waals surface area contributed by atoms with E-state index < -0.39 is 0 Å². The van der Waals surface area contributed by atoms with Gasteiger partial charge in [0.15, 0.2) is 5.96 Å². The zero-order valence-electron chi connectivity index (χ0n) is 18.6. The molecule has 1 saturated heterocycles. The molecule has 1 heterocycles. The fourth-order valence-corrected chi connectivity index (χ4v) is 3.29. The summed E-state index contributed by atoms with van der Waals surface area (Å²) in [6.45, 7) is 6.26. The lowest BCUT2D eigenvalue weighted by Crippen LogP contribution is -2.41. The molecule has 1 aliphatic rings. The zero-order chi connectivity index (χ0) is 22.8. The predicted molar refractivity (Wildman–Crippen MR) is 123 cm³/mol. The number of guanidine groups is 1. The maximum Gasteiger partial charge on any atom is 0.253 e. The average molecular weight is 443 g/mol. The fourth-order valence-electron chi connectivity index (χ4n) is 3.29. The molecule has 3 N–H and O–H groups in total. The SMILES string of the molecule is CCNC(=NCc1cccc(NC(=O)C2CCCO2)c1)NCC(C)Oc1ccc(F)cc1. The maximum atomic E-state index is 13.0. The van der Waals surface area contributed by atoms with E-state index in [-0.39, 0.29) is 23.9 Å². The lowest BCUT2D eigenvalue weighted by molar-refractivity contribution is -0.124. The van der Waals surface area contributed by atoms with Crippen LogP contribution >= 0.6 is 0 Å². The Bertz CT molecular complexity index is 898. The van der Waals surface area contributed by atoms with Gasteiger partial charge in [-0.2, -0.15) is 0 Å². The molecule has 172 valence electrons. The largest absolute Gasteiger partial charge is 0.489 e. The highest BCUT2D eigenvalue weighted by molar-refractivity contribution is 5.94. The summed E-state index contributed by atoms with van der Waals surface area (Å²) >= 11 is 0. The van der Waals surface area contributed by atoms with Gasteiger partial charge in [0.25, 0.3) is 5.91 Å². The van der Waals surface area contributed by atoms with Gasteiger partial charge in [-0.3, -0.25) is 4.79 Å². The van der Waals surface area contributed by atoms with E-state index in [0.717, 1.165) is 30.6 Å². The molecule has 0 aromatic heterocycles. The van der Waals surface area contributed by atoms with E-state index >= 15 is 0 Å². The third-order valence-electron chi connectivity index (χ3n) is 4.89. The van der Waals surface area contributed by atoms with Crippen molar-refractivity contribution in [2.24, 2.45) is 4.99 Å². The number of nitrogens with zero attached hydrogens (tertiary/aromatic N) is 1. The fraction of sp³-hybridized carbons (Fsp3) is 0.417. The normalized spacial score (nSPS) is 17.0. The van der Waals surface area contributed by atoms with Crippen molar-refractivity contribution < 1.29 is 18.7 Å². The summed E-state index contributed by atoms with van der Waals surface area (Å²) in [5.41, 5.74) is 1.71. The minimum atomic E-state index is -0.361. The lowest BCUT2D eigenvalue weighted by atomic mass is 10.2. The van der Waals surface area contributed by atoms with Crippen LogP contribution in [0, 0.1) is 5.82 Å². The van der Waals surface area contributed by atoms with Gasteiger partial charge in [-0.15, -0.1) is 0 Å². The van der Waals surface area contributed by atoms with Crippen LogP contribution in [0.4, 0.5) is 10.1 Å². The van der Waals surface area contributed by atoms with Crippen LogP contribution in [0.3, 0.4) is 0 Å². The van der Waals surface area contributed by atoms with Crippen molar-refractivity contribution in [1.82, 2.24) is 10.6 Å². The number of amides is 1. The topological polar surface area (TPSA) is 84.0 Å². The third kappa shape index (κ3) is 7.53. The number of nitrogens with one attached hydrogen (secondary N) is 3. The summed E-state index contributed by atoms with van der Waals surface area (Å²) in [5, 5.41) is 9.39. The first-order valence-electron chi connectivity index (χ1n) is 11.0. The molecule has 0 spiro atoms. The molecule has 2 aromatic carbocycles. The Morgan fingerprint density at radius 3 is 2.78 bits per heavy atom. The molecule has 7 nitrogen and oxygen atoms in total. The molecule has 3 rings (SSSR count). The highest BCUT2D eigenvalue weighted by Gasteiger charge is 2.23. The van der Waals surface area contributed by atoms with Crippen LogP contribution < -0.4 is 20.7 Å². The number of aliphatic imine (C=N–C) groups is 1. The van der Waals surface area contributed by atoms with Gasteiger partial charge < -0.3 is 25.4 Å². The molecule has 32 heavy (non-hydrogen) atoms. The molecule has 1 amide bonds. The van der Waals surface area contributed by atoms with E-state index in [9.17, 15) is 9.18 Å². The summed E-state index contributed by atoms with van der Waals surface area (Å²) in [6, 6.07) is 13.6. The molecular weight excluding hydrogens is 411 g/mol. The average Bonchev–Trinajstić information content (AvgIpc) is 3.33. The second-order valence-corrected chi connectivity index (χ2v) is 7.65. The minimum Gasteiger partial charge on any atom is -0.489 e. The number of hydrogen-bond acceptors (Lipinski definition) is 4. The molecule has 0 radical (unpaired) electrons. The van der Waals surface area contributed by atoms with E-state index in [2.05, 4.69) is 20.9 Å². The molecule has 1 aliphatic heterocycles. The Kier molecular flexibility index (Phi) is 8.86. The first-order valence-corrected chi connectivity index (χ1v) is 11.0. The van der Waals surface area contributed by atoms with E-state index in [0.29, 0.717) is 31.4 Å². The number of carbonyl (C=O) groups excluding carboxylic acids is 1. The molecule has 0 aliphatic carbocycles. The summed E-state index contributed by atoms with van der Waals surface area (Å²) in [5.74, 6) is 0.883. The van der Waals surface area contributed by atoms with E-state index in [1.165, 1.54) is 12.1 Å². The third-order valence-corrected chi connectivity index (χ3v) is 4.89. The number of benzene rings is 2. The predicted octanol–water partition coefficient (Wildman–Crippen LogP) is 3.47. The molecule has 2 atom stereocenters. The molecule has 0 saturated carbocycles. The van der Waals surface area contributed by atoms with Crippen molar-refractivity contribution in [3.63, 3.8) is 0 Å². The van der Waals surface area contributed by atoms with E-state index in [1.807, 2.05) is 38.1 Å². The molecular formula is C24H31FN4O3. The van der Waals surface area contributed by atoms with Crippen molar-refractivity contribution in [1.29, 1.82) is 0 Å². The molecule has 1 fully saturated rings. The summed E-state index contributed by atoms with van der Waals surface area (Å²) < 4.78 is 24.3. The Labute approximate surface area is 188 Å². The quantitative estimate of drug-likeness (QED) is 0.409. The summed E-state index contributed by atoms with van der Waals surface area (Å²) in [4.78, 5) is 16.9. The van der Waals surface area contributed by atoms with Gasteiger partial charge in [-0.1, -0.05) is 12.1 Å². The number of hydrogen-bond donors (Lipinski definition) is 3. The molecule has 2 aromatic rings. The van der Waals surface area contributed by atoms with Gasteiger partial charge in [-0.05, 0) is 68.7 Å². The van der Waals surface area contributed by atoms with Gasteiger partial charge in [0.1, 0.15) is 23.8 Å². The van der Waals surface area contributed by atoms with Crippen molar-refractivity contribution in [3.05, 3.63) is 59.9 Å². The number of halogens is 1. The van der Waals surface area contributed by atoms with Crippen LogP contribution in [0.2, 0.25) is 0 Å². The molecule has 2 unspecified atom stereocenters. The summed E-state index contributed by atoms with van der Waals surface area (Å²) in [6.07, 6.45) is 1.18. The van der Waals surface area contributed by atoms with Crippen molar-refractivity contribution >= 4 is 17.6 Å². The first-order chi connectivity index (χ1) is 15.5. The number of anilines is 1. The van der Waals surface area contributed by atoms with Gasteiger partial charge in [0.2, 0.25) is 0 Å². The maximum absolute atomic E-state index is 13.0.